The number of nitrogens with zero attached hydrogens (tertiary/aromatic N) is 5. The lowest BCUT2D eigenvalue weighted by molar-refractivity contribution is -0.131. The third-order valence-corrected chi connectivity index (χ3v) is 6.93. The lowest BCUT2D eigenvalue weighted by atomic mass is 9.96. The zero-order chi connectivity index (χ0) is 24.9. The van der Waals surface area contributed by atoms with Gasteiger partial charge in [0.25, 0.3) is 0 Å². The number of carbonyl (C=O) groups is 1. The second kappa shape index (κ2) is 10.8. The highest BCUT2D eigenvalue weighted by atomic mass is 16.5. The summed E-state index contributed by atoms with van der Waals surface area (Å²) in [7, 11) is 3.73. The van der Waals surface area contributed by atoms with Crippen LogP contribution >= 0.6 is 0 Å². The number of benzene rings is 1. The first-order valence-corrected chi connectivity index (χ1v) is 12.2. The van der Waals surface area contributed by atoms with E-state index < -0.39 is 0 Å². The first-order valence-electron chi connectivity index (χ1n) is 12.2. The molecule has 0 atom stereocenters. The Morgan fingerprint density at radius 2 is 1.97 bits per heavy atom. The van der Waals surface area contributed by atoms with E-state index in [1.807, 2.05) is 24.9 Å². The number of hydrogen-bond donors (Lipinski definition) is 1. The molecule has 0 aliphatic carbocycles. The molecule has 0 unspecified atom stereocenters. The maximum absolute atomic E-state index is 12.8. The number of piperidine rings is 1. The van der Waals surface area contributed by atoms with E-state index >= 15 is 0 Å². The molecule has 0 radical (unpaired) electrons. The van der Waals surface area contributed by atoms with Crippen molar-refractivity contribution in [2.24, 2.45) is 13.0 Å². The molecular formula is C27H35N5O3. The number of ether oxygens (including phenoxy) is 1. The van der Waals surface area contributed by atoms with E-state index in [0.717, 1.165) is 50.2 Å². The van der Waals surface area contributed by atoms with Crippen LogP contribution in [-0.2, 0) is 18.3 Å². The Kier molecular flexibility index (Phi) is 7.58. The third kappa shape index (κ3) is 5.58. The topological polar surface area (TPSA) is 83.7 Å². The number of anilines is 1. The van der Waals surface area contributed by atoms with Crippen molar-refractivity contribution >= 4 is 28.5 Å². The summed E-state index contributed by atoms with van der Waals surface area (Å²) in [4.78, 5) is 25.7. The molecule has 0 saturated carbocycles. The number of aliphatic hydroxyl groups is 1. The zero-order valence-corrected chi connectivity index (χ0v) is 20.9. The molecule has 8 nitrogen and oxygen atoms in total. The Morgan fingerprint density at radius 1 is 1.26 bits per heavy atom. The van der Waals surface area contributed by atoms with Crippen LogP contribution in [0.15, 0.2) is 43.4 Å². The first kappa shape index (κ1) is 24.6. The summed E-state index contributed by atoms with van der Waals surface area (Å²) in [5.74, 6) is 2.15. The van der Waals surface area contributed by atoms with Gasteiger partial charge in [-0.1, -0.05) is 13.5 Å². The van der Waals surface area contributed by atoms with Gasteiger partial charge in [-0.05, 0) is 42.9 Å². The lowest BCUT2D eigenvalue weighted by Crippen LogP contribution is -2.42. The second-order valence-corrected chi connectivity index (χ2v) is 9.24. The molecule has 0 bridgehead atoms. The molecule has 0 spiro atoms. The van der Waals surface area contributed by atoms with Crippen LogP contribution in [0, 0.1) is 5.92 Å². The van der Waals surface area contributed by atoms with Crippen LogP contribution in [0.3, 0.4) is 0 Å². The fraction of sp³-hybridized carbons (Fsp3) is 0.444. The average molecular weight is 478 g/mol. The molecule has 3 aromatic rings. The molecule has 1 amide bonds. The number of hydrogen-bond acceptors (Lipinski definition) is 6. The van der Waals surface area contributed by atoms with Crippen molar-refractivity contribution in [3.63, 3.8) is 0 Å². The molecular weight excluding hydrogens is 442 g/mol. The Balaban J connectivity index is 1.36. The fourth-order valence-corrected chi connectivity index (χ4v) is 4.83. The van der Waals surface area contributed by atoms with Gasteiger partial charge in [0.05, 0.1) is 18.2 Å². The monoisotopic (exact) mass is 477 g/mol. The van der Waals surface area contributed by atoms with Gasteiger partial charge in [-0.2, -0.15) is 0 Å². The molecule has 1 fully saturated rings. The standard InChI is InChI=1S/C27H35N5O3/c1-5-26(34)32(13-10-21-18-30(3)25-14-23(35-4)6-7-24(21)25)17-20-8-11-31(12-9-20)27-28-15-22(16-29-27)19(2)33/h6-7,14-16,18,20,33H,2,5,8-13,17H2,1,3-4H3. The van der Waals surface area contributed by atoms with Crippen molar-refractivity contribution in [3.8, 4) is 5.75 Å². The SMILES string of the molecule is C=C(O)c1cnc(N2CCC(CN(CCc3cn(C)c4cc(OC)ccc34)C(=O)CC)CC2)nc1. The quantitative estimate of drug-likeness (QED) is 0.465. The summed E-state index contributed by atoms with van der Waals surface area (Å²) in [5.41, 5.74) is 2.92. The minimum absolute atomic E-state index is 0.0285. The Labute approximate surface area is 206 Å². The van der Waals surface area contributed by atoms with Crippen LogP contribution in [0.2, 0.25) is 0 Å². The van der Waals surface area contributed by atoms with E-state index in [9.17, 15) is 9.90 Å². The molecule has 4 rings (SSSR count). The highest BCUT2D eigenvalue weighted by Crippen LogP contribution is 2.26. The molecule has 1 aliphatic rings. The predicted octanol–water partition coefficient (Wildman–Crippen LogP) is 4.20. The summed E-state index contributed by atoms with van der Waals surface area (Å²) >= 11 is 0. The molecule has 1 aromatic carbocycles. The Bertz CT molecular complexity index is 1180. The summed E-state index contributed by atoms with van der Waals surface area (Å²) in [6.45, 7) is 8.64. The summed E-state index contributed by atoms with van der Waals surface area (Å²) in [6.07, 6.45) is 8.67. The van der Waals surface area contributed by atoms with Crippen molar-refractivity contribution in [2.45, 2.75) is 32.6 Å². The molecule has 186 valence electrons. The van der Waals surface area contributed by atoms with Crippen LogP contribution in [0.5, 0.6) is 5.75 Å². The van der Waals surface area contributed by atoms with Crippen molar-refractivity contribution in [3.05, 3.63) is 54.5 Å². The van der Waals surface area contributed by atoms with Crippen molar-refractivity contribution in [1.29, 1.82) is 0 Å². The van der Waals surface area contributed by atoms with E-state index in [1.165, 1.54) is 10.9 Å². The van der Waals surface area contributed by atoms with Crippen molar-refractivity contribution < 1.29 is 14.6 Å². The predicted molar refractivity (Wildman–Crippen MR) is 139 cm³/mol. The molecule has 1 saturated heterocycles. The lowest BCUT2D eigenvalue weighted by Gasteiger charge is -2.35. The summed E-state index contributed by atoms with van der Waals surface area (Å²) < 4.78 is 7.50. The van der Waals surface area contributed by atoms with Crippen LogP contribution in [0.25, 0.3) is 16.7 Å². The summed E-state index contributed by atoms with van der Waals surface area (Å²) in [6, 6.07) is 6.15. The Hall–Kier alpha value is -3.55. The maximum Gasteiger partial charge on any atom is 0.225 e. The molecule has 2 aromatic heterocycles. The van der Waals surface area contributed by atoms with Gasteiger partial charge in [0.15, 0.2) is 0 Å². The second-order valence-electron chi connectivity index (χ2n) is 9.24. The van der Waals surface area contributed by atoms with E-state index in [4.69, 9.17) is 4.74 Å². The average Bonchev–Trinajstić information content (AvgIpc) is 3.21. The number of fused-ring (bicyclic) bond motifs is 1. The maximum atomic E-state index is 12.8. The fourth-order valence-electron chi connectivity index (χ4n) is 4.83. The van der Waals surface area contributed by atoms with Crippen LogP contribution in [0.1, 0.15) is 37.3 Å². The van der Waals surface area contributed by atoms with Crippen LogP contribution in [-0.4, -0.2) is 63.7 Å². The highest BCUT2D eigenvalue weighted by Gasteiger charge is 2.24. The molecule has 35 heavy (non-hydrogen) atoms. The largest absolute Gasteiger partial charge is 0.508 e. The van der Waals surface area contributed by atoms with Crippen LogP contribution < -0.4 is 9.64 Å². The van der Waals surface area contributed by atoms with Gasteiger partial charge in [-0.3, -0.25) is 4.79 Å². The molecule has 8 heteroatoms. The zero-order valence-electron chi connectivity index (χ0n) is 20.9. The van der Waals surface area contributed by atoms with Crippen molar-refractivity contribution in [2.75, 3.05) is 38.2 Å². The van der Waals surface area contributed by atoms with E-state index in [1.54, 1.807) is 19.5 Å². The van der Waals surface area contributed by atoms with Crippen LogP contribution in [0.4, 0.5) is 5.95 Å². The van der Waals surface area contributed by atoms with Gasteiger partial charge in [-0.25, -0.2) is 9.97 Å². The van der Waals surface area contributed by atoms with E-state index in [0.29, 0.717) is 30.4 Å². The van der Waals surface area contributed by atoms with Gasteiger partial charge in [0, 0.05) is 69.7 Å². The number of rotatable bonds is 9. The number of aliphatic hydroxyl groups excluding tert-OH is 1. The minimum Gasteiger partial charge on any atom is -0.508 e. The normalized spacial score (nSPS) is 14.3. The van der Waals surface area contributed by atoms with Gasteiger partial charge in [0.1, 0.15) is 11.5 Å². The minimum atomic E-state index is -0.0285. The highest BCUT2D eigenvalue weighted by molar-refractivity contribution is 5.85. The van der Waals surface area contributed by atoms with Gasteiger partial charge >= 0.3 is 0 Å². The Morgan fingerprint density at radius 3 is 2.60 bits per heavy atom. The molecule has 3 heterocycles. The number of methoxy groups -OCH3 is 1. The number of aromatic nitrogens is 3. The van der Waals surface area contributed by atoms with Crippen molar-refractivity contribution in [1.82, 2.24) is 19.4 Å². The van der Waals surface area contributed by atoms with Gasteiger partial charge in [-0.15, -0.1) is 0 Å². The third-order valence-electron chi connectivity index (χ3n) is 6.93. The number of aryl methyl sites for hydroxylation is 1. The van der Waals surface area contributed by atoms with E-state index in [-0.39, 0.29) is 11.7 Å². The molecule has 1 aliphatic heterocycles. The van der Waals surface area contributed by atoms with Gasteiger partial charge < -0.3 is 24.2 Å². The summed E-state index contributed by atoms with van der Waals surface area (Å²) in [5, 5.41) is 10.7. The van der Waals surface area contributed by atoms with Gasteiger partial charge in [0.2, 0.25) is 11.9 Å². The number of carbonyl (C=O) groups excluding carboxylic acids is 1. The number of amides is 1. The molecule has 1 N–H and O–H groups in total. The van der Waals surface area contributed by atoms with E-state index in [2.05, 4.69) is 44.3 Å². The first-order chi connectivity index (χ1) is 16.9. The smallest absolute Gasteiger partial charge is 0.225 e.